The van der Waals surface area contributed by atoms with Gasteiger partial charge in [-0.2, -0.15) is 0 Å². The van der Waals surface area contributed by atoms with Gasteiger partial charge in [0.1, 0.15) is 12.4 Å². The maximum Gasteiger partial charge on any atom is 0.409 e. The highest BCUT2D eigenvalue weighted by molar-refractivity contribution is 5.67. The molecule has 0 spiro atoms. The Labute approximate surface area is 168 Å². The zero-order valence-corrected chi connectivity index (χ0v) is 17.3. The fourth-order valence-corrected chi connectivity index (χ4v) is 4.52. The van der Waals surface area contributed by atoms with Crippen LogP contribution in [0.3, 0.4) is 0 Å². The molecule has 1 atom stereocenters. The number of likely N-dealkylation sites (tertiary alicyclic amines) is 2. The van der Waals surface area contributed by atoms with Crippen LogP contribution in [0.15, 0.2) is 24.3 Å². The van der Waals surface area contributed by atoms with E-state index in [0.29, 0.717) is 25.2 Å². The van der Waals surface area contributed by atoms with Gasteiger partial charge in [-0.1, -0.05) is 18.6 Å². The molecule has 0 saturated carbocycles. The molecule has 1 aromatic rings. The molecule has 0 aliphatic carbocycles. The van der Waals surface area contributed by atoms with E-state index in [9.17, 15) is 4.79 Å². The van der Waals surface area contributed by atoms with E-state index in [-0.39, 0.29) is 6.09 Å². The van der Waals surface area contributed by atoms with Gasteiger partial charge in [-0.05, 0) is 55.8 Å². The number of hydrogen-bond acceptors (Lipinski definition) is 5. The summed E-state index contributed by atoms with van der Waals surface area (Å²) in [7, 11) is 3.33. The highest BCUT2D eigenvalue weighted by Crippen LogP contribution is 2.32. The van der Waals surface area contributed by atoms with E-state index in [0.717, 1.165) is 44.8 Å². The zero-order valence-electron chi connectivity index (χ0n) is 17.3. The molecule has 1 amide bonds. The van der Waals surface area contributed by atoms with Gasteiger partial charge in [-0.25, -0.2) is 4.79 Å². The van der Waals surface area contributed by atoms with Crippen molar-refractivity contribution < 1.29 is 19.0 Å². The Kier molecular flexibility index (Phi) is 7.98. The lowest BCUT2D eigenvalue weighted by Gasteiger charge is -2.43. The average Bonchev–Trinajstić information content (AvgIpc) is 2.74. The normalized spacial score (nSPS) is 21.5. The number of amides is 1. The molecular weight excluding hydrogens is 356 g/mol. The van der Waals surface area contributed by atoms with E-state index >= 15 is 0 Å². The van der Waals surface area contributed by atoms with Gasteiger partial charge in [0.25, 0.3) is 0 Å². The second-order valence-electron chi connectivity index (χ2n) is 7.82. The first-order valence-corrected chi connectivity index (χ1v) is 10.5. The Bertz CT molecular complexity index is 616. The number of nitrogens with zero attached hydrogens (tertiary/aromatic N) is 2. The SMILES string of the molecule is COCCOC(=O)N1CCC(C2CCCCN2Cc2cccc(OC)c2)CC1. The maximum atomic E-state index is 12.1. The third-order valence-electron chi connectivity index (χ3n) is 6.04. The molecule has 2 aliphatic heterocycles. The van der Waals surface area contributed by atoms with Crippen LogP contribution in [0.5, 0.6) is 5.75 Å². The van der Waals surface area contributed by atoms with Crippen LogP contribution < -0.4 is 4.74 Å². The lowest BCUT2D eigenvalue weighted by molar-refractivity contribution is 0.0386. The first-order chi connectivity index (χ1) is 13.7. The van der Waals surface area contributed by atoms with Crippen LogP contribution in [0.25, 0.3) is 0 Å². The van der Waals surface area contributed by atoms with E-state index in [1.54, 1.807) is 14.2 Å². The molecule has 2 heterocycles. The van der Waals surface area contributed by atoms with Crippen molar-refractivity contribution in [2.24, 2.45) is 5.92 Å². The number of ether oxygens (including phenoxy) is 3. The minimum atomic E-state index is -0.201. The van der Waals surface area contributed by atoms with Crippen molar-refractivity contribution >= 4 is 6.09 Å². The van der Waals surface area contributed by atoms with Crippen molar-refractivity contribution in [3.05, 3.63) is 29.8 Å². The number of benzene rings is 1. The summed E-state index contributed by atoms with van der Waals surface area (Å²) in [5, 5.41) is 0. The van der Waals surface area contributed by atoms with Gasteiger partial charge in [-0.15, -0.1) is 0 Å². The summed E-state index contributed by atoms with van der Waals surface area (Å²) in [6, 6.07) is 9.00. The number of piperidine rings is 2. The van der Waals surface area contributed by atoms with Crippen LogP contribution >= 0.6 is 0 Å². The van der Waals surface area contributed by atoms with Crippen LogP contribution in [0.4, 0.5) is 4.79 Å². The quantitative estimate of drug-likeness (QED) is 0.667. The van der Waals surface area contributed by atoms with Gasteiger partial charge in [0, 0.05) is 32.8 Å². The second kappa shape index (κ2) is 10.7. The molecule has 2 aliphatic rings. The van der Waals surface area contributed by atoms with Gasteiger partial charge in [0.2, 0.25) is 0 Å². The molecule has 0 aromatic heterocycles. The maximum absolute atomic E-state index is 12.1. The predicted octanol–water partition coefficient (Wildman–Crippen LogP) is 3.54. The summed E-state index contributed by atoms with van der Waals surface area (Å²) in [5.74, 6) is 1.57. The molecule has 0 bridgehead atoms. The fraction of sp³-hybridized carbons (Fsp3) is 0.682. The molecule has 6 nitrogen and oxygen atoms in total. The highest BCUT2D eigenvalue weighted by atomic mass is 16.6. The second-order valence-corrected chi connectivity index (χ2v) is 7.82. The molecule has 0 N–H and O–H groups in total. The topological polar surface area (TPSA) is 51.2 Å². The van der Waals surface area contributed by atoms with Crippen LogP contribution in [-0.2, 0) is 16.0 Å². The van der Waals surface area contributed by atoms with E-state index in [4.69, 9.17) is 14.2 Å². The molecule has 156 valence electrons. The van der Waals surface area contributed by atoms with Crippen molar-refractivity contribution in [3.63, 3.8) is 0 Å². The Morgan fingerprint density at radius 1 is 1.07 bits per heavy atom. The van der Waals surface area contributed by atoms with Gasteiger partial charge in [-0.3, -0.25) is 4.90 Å². The Balaban J connectivity index is 1.53. The van der Waals surface area contributed by atoms with E-state index in [1.807, 2.05) is 11.0 Å². The molecule has 28 heavy (non-hydrogen) atoms. The van der Waals surface area contributed by atoms with Gasteiger partial charge >= 0.3 is 6.09 Å². The third kappa shape index (κ3) is 5.61. The smallest absolute Gasteiger partial charge is 0.409 e. The number of carbonyl (C=O) groups excluding carboxylic acids is 1. The predicted molar refractivity (Wildman–Crippen MR) is 109 cm³/mol. The van der Waals surface area contributed by atoms with Gasteiger partial charge < -0.3 is 19.1 Å². The van der Waals surface area contributed by atoms with E-state index in [1.165, 1.54) is 24.8 Å². The molecule has 1 unspecified atom stereocenters. The minimum Gasteiger partial charge on any atom is -0.497 e. The monoisotopic (exact) mass is 390 g/mol. The summed E-state index contributed by atoms with van der Waals surface area (Å²) < 4.78 is 15.6. The molecule has 2 saturated heterocycles. The summed E-state index contributed by atoms with van der Waals surface area (Å²) >= 11 is 0. The van der Waals surface area contributed by atoms with Gasteiger partial charge in [0.15, 0.2) is 0 Å². The van der Waals surface area contributed by atoms with Crippen molar-refractivity contribution in [3.8, 4) is 5.75 Å². The lowest BCUT2D eigenvalue weighted by Crippen LogP contribution is -2.48. The van der Waals surface area contributed by atoms with Crippen molar-refractivity contribution in [1.82, 2.24) is 9.80 Å². The Morgan fingerprint density at radius 2 is 1.89 bits per heavy atom. The summed E-state index contributed by atoms with van der Waals surface area (Å²) in [6.07, 6.45) is 5.74. The highest BCUT2D eigenvalue weighted by Gasteiger charge is 2.33. The summed E-state index contributed by atoms with van der Waals surface area (Å²) in [5.41, 5.74) is 1.31. The molecule has 1 aromatic carbocycles. The molecule has 0 radical (unpaired) electrons. The van der Waals surface area contributed by atoms with Crippen LogP contribution in [0.1, 0.15) is 37.7 Å². The summed E-state index contributed by atoms with van der Waals surface area (Å²) in [6.45, 7) is 4.48. The Morgan fingerprint density at radius 3 is 2.64 bits per heavy atom. The largest absolute Gasteiger partial charge is 0.497 e. The first-order valence-electron chi connectivity index (χ1n) is 10.5. The van der Waals surface area contributed by atoms with E-state index < -0.39 is 0 Å². The number of rotatable bonds is 7. The van der Waals surface area contributed by atoms with Crippen molar-refractivity contribution in [1.29, 1.82) is 0 Å². The third-order valence-corrected chi connectivity index (χ3v) is 6.04. The lowest BCUT2D eigenvalue weighted by atomic mass is 9.83. The van der Waals surface area contributed by atoms with Crippen molar-refractivity contribution in [2.75, 3.05) is 47.1 Å². The Hall–Kier alpha value is -1.79. The molecule has 2 fully saturated rings. The first kappa shape index (κ1) is 20.9. The fourth-order valence-electron chi connectivity index (χ4n) is 4.52. The van der Waals surface area contributed by atoms with E-state index in [2.05, 4.69) is 23.1 Å². The molecule has 3 rings (SSSR count). The van der Waals surface area contributed by atoms with Crippen LogP contribution in [0, 0.1) is 5.92 Å². The van der Waals surface area contributed by atoms with Crippen molar-refractivity contribution in [2.45, 2.75) is 44.7 Å². The number of carbonyl (C=O) groups is 1. The van der Waals surface area contributed by atoms with Crippen LogP contribution in [-0.4, -0.2) is 69.0 Å². The van der Waals surface area contributed by atoms with Gasteiger partial charge in [0.05, 0.1) is 13.7 Å². The number of hydrogen-bond donors (Lipinski definition) is 0. The molecular formula is C22H34N2O4. The molecule has 6 heteroatoms. The standard InChI is InChI=1S/C22H34N2O4/c1-26-14-15-28-22(25)23-12-9-19(10-13-23)21-8-3-4-11-24(21)17-18-6-5-7-20(16-18)27-2/h5-7,16,19,21H,3-4,8-15,17H2,1-2H3. The minimum absolute atomic E-state index is 0.201. The van der Waals surface area contributed by atoms with Crippen LogP contribution in [0.2, 0.25) is 0 Å². The summed E-state index contributed by atoms with van der Waals surface area (Å²) in [4.78, 5) is 16.6. The zero-order chi connectivity index (χ0) is 19.8. The average molecular weight is 391 g/mol. The number of methoxy groups -OCH3 is 2.